The molecule has 8 nitrogen and oxygen atoms in total. The molecule has 0 aliphatic carbocycles. The van der Waals surface area contributed by atoms with Gasteiger partial charge in [-0.05, 0) is 36.4 Å². The molecule has 0 saturated carbocycles. The van der Waals surface area contributed by atoms with Gasteiger partial charge in [0.2, 0.25) is 11.6 Å². The van der Waals surface area contributed by atoms with Crippen molar-refractivity contribution in [3.8, 4) is 11.4 Å². The normalized spacial score (nSPS) is 10.9. The maximum absolute atomic E-state index is 12.9. The fourth-order valence-electron chi connectivity index (χ4n) is 2.84. The molecule has 0 aliphatic heterocycles. The van der Waals surface area contributed by atoms with Crippen molar-refractivity contribution in [1.82, 2.24) is 19.2 Å². The van der Waals surface area contributed by atoms with Crippen molar-refractivity contribution >= 4 is 40.6 Å². The number of hydrogen-bond acceptors (Lipinski definition) is 6. The second kappa shape index (κ2) is 8.60. The lowest BCUT2D eigenvalue weighted by atomic mass is 10.3. The number of nitrogens with zero attached hydrogens (tertiary/aromatic N) is 4. The lowest BCUT2D eigenvalue weighted by molar-refractivity contribution is -0.113. The Bertz CT molecular complexity index is 1270. The number of carbonyl (C=O) groups is 1. The van der Waals surface area contributed by atoms with Crippen molar-refractivity contribution in [2.75, 3.05) is 18.2 Å². The molecular formula is C20H16ClN5O3S. The first-order valence-electron chi connectivity index (χ1n) is 8.85. The predicted molar refractivity (Wildman–Crippen MR) is 116 cm³/mol. The molecule has 0 radical (unpaired) electrons. The third-order valence-corrected chi connectivity index (χ3v) is 5.44. The molecule has 0 unspecified atom stereocenters. The molecular weight excluding hydrogens is 426 g/mol. The number of aromatic nitrogens is 4. The Kier molecular flexibility index (Phi) is 5.73. The van der Waals surface area contributed by atoms with Gasteiger partial charge in [-0.1, -0.05) is 35.5 Å². The predicted octanol–water partition coefficient (Wildman–Crippen LogP) is 3.27. The molecule has 0 aliphatic rings. The molecule has 152 valence electrons. The third-order valence-electron chi connectivity index (χ3n) is 4.24. The third kappa shape index (κ3) is 4.03. The Morgan fingerprint density at radius 1 is 1.13 bits per heavy atom. The molecule has 1 N–H and O–H groups in total. The molecule has 10 heteroatoms. The summed E-state index contributed by atoms with van der Waals surface area (Å²) >= 11 is 7.03. The molecule has 0 bridgehead atoms. The van der Waals surface area contributed by atoms with Gasteiger partial charge in [0.25, 0.3) is 0 Å². The van der Waals surface area contributed by atoms with Gasteiger partial charge < -0.3 is 10.1 Å². The smallest absolute Gasteiger partial charge is 0.300 e. The number of rotatable bonds is 6. The van der Waals surface area contributed by atoms with E-state index < -0.39 is 0 Å². The fraction of sp³-hybridized carbons (Fsp3) is 0.100. The standard InChI is InChI=1S/C20H16ClN5O3S/c1-29-16-5-3-2-4-15(16)25-10-11-26-18(19(25)28)23-24-20(26)30-12-17(27)22-14-8-6-13(21)7-9-14/h2-11H,12H2,1H3,(H,22,27). The first-order valence-corrected chi connectivity index (χ1v) is 10.2. The van der Waals surface area contributed by atoms with E-state index in [-0.39, 0.29) is 22.9 Å². The highest BCUT2D eigenvalue weighted by Crippen LogP contribution is 2.22. The molecule has 0 spiro atoms. The lowest BCUT2D eigenvalue weighted by Gasteiger charge is -2.10. The van der Waals surface area contributed by atoms with Crippen LogP contribution in [0, 0.1) is 0 Å². The minimum atomic E-state index is -0.341. The van der Waals surface area contributed by atoms with E-state index in [0.29, 0.717) is 27.3 Å². The second-order valence-electron chi connectivity index (χ2n) is 6.17. The minimum absolute atomic E-state index is 0.110. The van der Waals surface area contributed by atoms with Gasteiger partial charge in [-0.2, -0.15) is 0 Å². The summed E-state index contributed by atoms with van der Waals surface area (Å²) < 4.78 is 8.35. The number of halogens is 1. The number of carbonyl (C=O) groups excluding carboxylic acids is 1. The molecule has 0 atom stereocenters. The summed E-state index contributed by atoms with van der Waals surface area (Å²) in [6.45, 7) is 0. The van der Waals surface area contributed by atoms with Crippen LogP contribution in [0.5, 0.6) is 5.75 Å². The Balaban J connectivity index is 1.54. The maximum Gasteiger partial charge on any atom is 0.300 e. The molecule has 30 heavy (non-hydrogen) atoms. The number of anilines is 1. The number of ether oxygens (including phenoxy) is 1. The van der Waals surface area contributed by atoms with Crippen LogP contribution in [-0.4, -0.2) is 37.9 Å². The number of hydrogen-bond donors (Lipinski definition) is 1. The first-order chi connectivity index (χ1) is 14.6. The highest BCUT2D eigenvalue weighted by molar-refractivity contribution is 7.99. The van der Waals surface area contributed by atoms with Gasteiger partial charge in [0.05, 0.1) is 18.6 Å². The maximum atomic E-state index is 12.9. The summed E-state index contributed by atoms with van der Waals surface area (Å²) in [6, 6.07) is 14.0. The molecule has 2 aromatic carbocycles. The summed E-state index contributed by atoms with van der Waals surface area (Å²) in [7, 11) is 1.54. The van der Waals surface area contributed by atoms with Crippen molar-refractivity contribution in [1.29, 1.82) is 0 Å². The van der Waals surface area contributed by atoms with E-state index in [1.54, 1.807) is 60.3 Å². The van der Waals surface area contributed by atoms with Gasteiger partial charge in [0.1, 0.15) is 5.75 Å². The van der Waals surface area contributed by atoms with Crippen molar-refractivity contribution in [2.45, 2.75) is 5.16 Å². The van der Waals surface area contributed by atoms with E-state index in [1.807, 2.05) is 12.1 Å². The van der Waals surface area contributed by atoms with Crippen molar-refractivity contribution < 1.29 is 9.53 Å². The van der Waals surface area contributed by atoms with Crippen LogP contribution in [0.25, 0.3) is 11.3 Å². The average molecular weight is 442 g/mol. The number of para-hydroxylation sites is 2. The zero-order chi connectivity index (χ0) is 21.1. The molecule has 0 fully saturated rings. The van der Waals surface area contributed by atoms with Crippen LogP contribution in [-0.2, 0) is 4.79 Å². The molecule has 2 aromatic heterocycles. The van der Waals surface area contributed by atoms with Crippen LogP contribution < -0.4 is 15.6 Å². The molecule has 0 saturated heterocycles. The van der Waals surface area contributed by atoms with Crippen LogP contribution >= 0.6 is 23.4 Å². The van der Waals surface area contributed by atoms with Crippen LogP contribution in [0.15, 0.2) is 70.9 Å². The number of methoxy groups -OCH3 is 1. The number of amides is 1. The van der Waals surface area contributed by atoms with Gasteiger partial charge >= 0.3 is 5.56 Å². The molecule has 4 rings (SSSR count). The van der Waals surface area contributed by atoms with E-state index >= 15 is 0 Å². The largest absolute Gasteiger partial charge is 0.495 e. The number of nitrogens with one attached hydrogen (secondary N) is 1. The summed E-state index contributed by atoms with van der Waals surface area (Å²) in [5.41, 5.74) is 1.07. The summed E-state index contributed by atoms with van der Waals surface area (Å²) in [5, 5.41) is 11.9. The number of benzene rings is 2. The van der Waals surface area contributed by atoms with E-state index in [1.165, 1.54) is 16.3 Å². The quantitative estimate of drug-likeness (QED) is 0.462. The summed E-state index contributed by atoms with van der Waals surface area (Å²) in [5.74, 6) is 0.470. The number of thioether (sulfide) groups is 1. The Hall–Kier alpha value is -3.30. The zero-order valence-corrected chi connectivity index (χ0v) is 17.4. The van der Waals surface area contributed by atoms with Gasteiger partial charge in [-0.3, -0.25) is 18.6 Å². The molecule has 1 amide bonds. The van der Waals surface area contributed by atoms with E-state index in [2.05, 4.69) is 15.5 Å². The zero-order valence-electron chi connectivity index (χ0n) is 15.8. The highest BCUT2D eigenvalue weighted by atomic mass is 35.5. The Morgan fingerprint density at radius 2 is 1.90 bits per heavy atom. The van der Waals surface area contributed by atoms with Gasteiger partial charge in [0, 0.05) is 23.1 Å². The van der Waals surface area contributed by atoms with Gasteiger partial charge in [-0.15, -0.1) is 10.2 Å². The van der Waals surface area contributed by atoms with E-state index in [0.717, 1.165) is 0 Å². The first kappa shape index (κ1) is 20.0. The highest BCUT2D eigenvalue weighted by Gasteiger charge is 2.15. The van der Waals surface area contributed by atoms with Crippen LogP contribution in [0.1, 0.15) is 0 Å². The van der Waals surface area contributed by atoms with E-state index in [9.17, 15) is 9.59 Å². The minimum Gasteiger partial charge on any atom is -0.495 e. The van der Waals surface area contributed by atoms with Crippen molar-refractivity contribution in [3.05, 3.63) is 76.3 Å². The SMILES string of the molecule is COc1ccccc1-n1ccn2c(SCC(=O)Nc3ccc(Cl)cc3)nnc2c1=O. The Morgan fingerprint density at radius 3 is 2.67 bits per heavy atom. The van der Waals surface area contributed by atoms with Crippen molar-refractivity contribution in [3.63, 3.8) is 0 Å². The monoisotopic (exact) mass is 441 g/mol. The topological polar surface area (TPSA) is 90.5 Å². The lowest BCUT2D eigenvalue weighted by Crippen LogP contribution is -2.20. The fourth-order valence-corrected chi connectivity index (χ4v) is 3.69. The number of fused-ring (bicyclic) bond motifs is 1. The average Bonchev–Trinajstić information content (AvgIpc) is 3.18. The van der Waals surface area contributed by atoms with Crippen LogP contribution in [0.3, 0.4) is 0 Å². The van der Waals surface area contributed by atoms with Gasteiger partial charge in [0.15, 0.2) is 5.16 Å². The van der Waals surface area contributed by atoms with Crippen LogP contribution in [0.4, 0.5) is 5.69 Å². The van der Waals surface area contributed by atoms with Crippen molar-refractivity contribution in [2.24, 2.45) is 0 Å². The Labute approximate surface area is 180 Å². The van der Waals surface area contributed by atoms with Crippen LogP contribution in [0.2, 0.25) is 5.02 Å². The van der Waals surface area contributed by atoms with Gasteiger partial charge in [-0.25, -0.2) is 0 Å². The second-order valence-corrected chi connectivity index (χ2v) is 7.54. The summed E-state index contributed by atoms with van der Waals surface area (Å²) in [4.78, 5) is 25.1. The van der Waals surface area contributed by atoms with E-state index in [4.69, 9.17) is 16.3 Å². The molecule has 2 heterocycles. The summed E-state index contributed by atoms with van der Waals surface area (Å²) in [6.07, 6.45) is 3.30. The molecule has 4 aromatic rings.